The van der Waals surface area contributed by atoms with Crippen molar-refractivity contribution in [2.24, 2.45) is 0 Å². The fraction of sp³-hybridized carbons (Fsp3) is 0.333. The van der Waals surface area contributed by atoms with E-state index in [2.05, 4.69) is 20.5 Å². The number of aromatic nitrogens is 3. The van der Waals surface area contributed by atoms with E-state index in [0.717, 1.165) is 5.56 Å². The fourth-order valence-electron chi connectivity index (χ4n) is 1.45. The van der Waals surface area contributed by atoms with Gasteiger partial charge in [-0.3, -0.25) is 9.78 Å². The van der Waals surface area contributed by atoms with Crippen molar-refractivity contribution < 1.29 is 9.21 Å². The zero-order valence-electron chi connectivity index (χ0n) is 10.1. The van der Waals surface area contributed by atoms with E-state index in [1.165, 1.54) is 0 Å². The quantitative estimate of drug-likeness (QED) is 0.851. The van der Waals surface area contributed by atoms with Crippen LogP contribution in [-0.2, 0) is 17.8 Å². The molecule has 94 valence electrons. The average Bonchev–Trinajstić information content (AvgIpc) is 2.81. The second kappa shape index (κ2) is 5.90. The Morgan fingerprint density at radius 1 is 1.44 bits per heavy atom. The van der Waals surface area contributed by atoms with Crippen molar-refractivity contribution in [3.05, 3.63) is 41.9 Å². The Bertz CT molecular complexity index is 510. The van der Waals surface area contributed by atoms with Gasteiger partial charge in [-0.25, -0.2) is 0 Å². The molecule has 0 spiro atoms. The van der Waals surface area contributed by atoms with Crippen molar-refractivity contribution in [1.82, 2.24) is 20.5 Å². The smallest absolute Gasteiger partial charge is 0.220 e. The monoisotopic (exact) mass is 246 g/mol. The van der Waals surface area contributed by atoms with E-state index in [9.17, 15) is 4.79 Å². The maximum absolute atomic E-state index is 11.6. The van der Waals surface area contributed by atoms with Crippen LogP contribution in [-0.4, -0.2) is 21.1 Å². The first-order valence-corrected chi connectivity index (χ1v) is 5.68. The number of hydrogen-bond donors (Lipinski definition) is 1. The van der Waals surface area contributed by atoms with Gasteiger partial charge >= 0.3 is 0 Å². The molecule has 0 bridgehead atoms. The SMILES string of the molecule is Cc1nnc(CCC(=O)NCc2cccnc2)o1. The highest BCUT2D eigenvalue weighted by atomic mass is 16.4. The van der Waals surface area contributed by atoms with Crippen molar-refractivity contribution in [1.29, 1.82) is 0 Å². The van der Waals surface area contributed by atoms with Gasteiger partial charge in [-0.15, -0.1) is 10.2 Å². The third kappa shape index (κ3) is 3.65. The van der Waals surface area contributed by atoms with Gasteiger partial charge in [-0.05, 0) is 11.6 Å². The first kappa shape index (κ1) is 12.2. The van der Waals surface area contributed by atoms with Crippen molar-refractivity contribution in [2.45, 2.75) is 26.3 Å². The summed E-state index contributed by atoms with van der Waals surface area (Å²) < 4.78 is 5.18. The molecule has 18 heavy (non-hydrogen) atoms. The second-order valence-electron chi connectivity index (χ2n) is 3.85. The van der Waals surface area contributed by atoms with Gasteiger partial charge in [0.15, 0.2) is 0 Å². The lowest BCUT2D eigenvalue weighted by Gasteiger charge is -2.03. The van der Waals surface area contributed by atoms with Crippen molar-refractivity contribution >= 4 is 5.91 Å². The van der Waals surface area contributed by atoms with Crippen molar-refractivity contribution in [2.75, 3.05) is 0 Å². The van der Waals surface area contributed by atoms with Crippen molar-refractivity contribution in [3.8, 4) is 0 Å². The van der Waals surface area contributed by atoms with Crippen LogP contribution in [0.5, 0.6) is 0 Å². The predicted octanol–water partition coefficient (Wildman–Crippen LogP) is 1.02. The van der Waals surface area contributed by atoms with Crippen LogP contribution in [0.4, 0.5) is 0 Å². The van der Waals surface area contributed by atoms with E-state index < -0.39 is 0 Å². The van der Waals surface area contributed by atoms with Crippen molar-refractivity contribution in [3.63, 3.8) is 0 Å². The third-order valence-corrected chi connectivity index (χ3v) is 2.35. The number of carbonyl (C=O) groups is 1. The van der Waals surface area contributed by atoms with Gasteiger partial charge < -0.3 is 9.73 Å². The Morgan fingerprint density at radius 2 is 2.33 bits per heavy atom. The first-order chi connectivity index (χ1) is 8.74. The number of carbonyl (C=O) groups excluding carboxylic acids is 1. The number of hydrogen-bond acceptors (Lipinski definition) is 5. The van der Waals surface area contributed by atoms with E-state index in [1.807, 2.05) is 12.1 Å². The van der Waals surface area contributed by atoms with Crippen LogP contribution < -0.4 is 5.32 Å². The average molecular weight is 246 g/mol. The zero-order chi connectivity index (χ0) is 12.8. The molecule has 2 aromatic heterocycles. The Labute approximate surface area is 104 Å². The van der Waals surface area contributed by atoms with Gasteiger partial charge in [-0.1, -0.05) is 6.07 Å². The molecule has 0 aliphatic rings. The van der Waals surface area contributed by atoms with Gasteiger partial charge in [-0.2, -0.15) is 0 Å². The van der Waals surface area contributed by atoms with Crippen LogP contribution in [0.3, 0.4) is 0 Å². The highest BCUT2D eigenvalue weighted by Gasteiger charge is 2.06. The lowest BCUT2D eigenvalue weighted by molar-refractivity contribution is -0.121. The maximum atomic E-state index is 11.6. The number of amides is 1. The van der Waals surface area contributed by atoms with Crippen LogP contribution in [0.2, 0.25) is 0 Å². The van der Waals surface area contributed by atoms with Gasteiger partial charge in [0.1, 0.15) is 0 Å². The minimum Gasteiger partial charge on any atom is -0.426 e. The molecule has 0 fully saturated rings. The van der Waals surface area contributed by atoms with E-state index in [4.69, 9.17) is 4.42 Å². The van der Waals surface area contributed by atoms with Crippen LogP contribution in [0.15, 0.2) is 28.9 Å². The van der Waals surface area contributed by atoms with Crippen LogP contribution in [0.25, 0.3) is 0 Å². The van der Waals surface area contributed by atoms with Gasteiger partial charge in [0.05, 0.1) is 0 Å². The molecule has 6 heteroatoms. The minimum atomic E-state index is -0.0466. The first-order valence-electron chi connectivity index (χ1n) is 5.68. The highest BCUT2D eigenvalue weighted by molar-refractivity contribution is 5.75. The van der Waals surface area contributed by atoms with Crippen LogP contribution >= 0.6 is 0 Å². The number of nitrogens with one attached hydrogen (secondary N) is 1. The normalized spacial score (nSPS) is 10.3. The standard InChI is InChI=1S/C12H14N4O2/c1-9-15-16-12(18-9)5-4-11(17)14-8-10-3-2-6-13-7-10/h2-3,6-7H,4-5,8H2,1H3,(H,14,17). The van der Waals surface area contributed by atoms with Crippen LogP contribution in [0.1, 0.15) is 23.8 Å². The van der Waals surface area contributed by atoms with E-state index in [-0.39, 0.29) is 5.91 Å². The number of aryl methyl sites for hydroxylation is 2. The summed E-state index contributed by atoms with van der Waals surface area (Å²) in [6.07, 6.45) is 4.21. The molecule has 2 rings (SSSR count). The Hall–Kier alpha value is -2.24. The molecule has 1 amide bonds. The van der Waals surface area contributed by atoms with Gasteiger partial charge in [0.2, 0.25) is 17.7 Å². The van der Waals surface area contributed by atoms with Gasteiger partial charge in [0.25, 0.3) is 0 Å². The summed E-state index contributed by atoms with van der Waals surface area (Å²) in [6, 6.07) is 3.75. The molecule has 0 aliphatic heterocycles. The second-order valence-corrected chi connectivity index (χ2v) is 3.85. The lowest BCUT2D eigenvalue weighted by atomic mass is 10.2. The fourth-order valence-corrected chi connectivity index (χ4v) is 1.45. The molecule has 0 atom stereocenters. The summed E-state index contributed by atoms with van der Waals surface area (Å²) in [5.41, 5.74) is 0.972. The minimum absolute atomic E-state index is 0.0466. The molecule has 0 aromatic carbocycles. The van der Waals surface area contributed by atoms with Gasteiger partial charge in [0, 0.05) is 38.7 Å². The summed E-state index contributed by atoms with van der Waals surface area (Å²) in [6.45, 7) is 2.20. The molecule has 0 saturated heterocycles. The lowest BCUT2D eigenvalue weighted by Crippen LogP contribution is -2.23. The summed E-state index contributed by atoms with van der Waals surface area (Å²) >= 11 is 0. The Balaban J connectivity index is 1.73. The van der Waals surface area contributed by atoms with E-state index in [0.29, 0.717) is 31.2 Å². The van der Waals surface area contributed by atoms with E-state index in [1.54, 1.807) is 19.3 Å². The molecule has 6 nitrogen and oxygen atoms in total. The van der Waals surface area contributed by atoms with Crippen LogP contribution in [0, 0.1) is 6.92 Å². The Morgan fingerprint density at radius 3 is 3.00 bits per heavy atom. The van der Waals surface area contributed by atoms with E-state index >= 15 is 0 Å². The number of nitrogens with zero attached hydrogens (tertiary/aromatic N) is 3. The molecule has 0 unspecified atom stereocenters. The molecule has 2 aromatic rings. The Kier molecular flexibility index (Phi) is 4.01. The molecular weight excluding hydrogens is 232 g/mol. The summed E-state index contributed by atoms with van der Waals surface area (Å²) in [5.74, 6) is 0.958. The molecular formula is C12H14N4O2. The molecule has 1 N–H and O–H groups in total. The highest BCUT2D eigenvalue weighted by Crippen LogP contribution is 2.01. The molecule has 0 saturated carbocycles. The molecule has 0 aliphatic carbocycles. The summed E-state index contributed by atoms with van der Waals surface area (Å²) in [7, 11) is 0. The topological polar surface area (TPSA) is 80.9 Å². The third-order valence-electron chi connectivity index (χ3n) is 2.35. The zero-order valence-corrected chi connectivity index (χ0v) is 10.1. The maximum Gasteiger partial charge on any atom is 0.220 e. The number of pyridine rings is 1. The summed E-state index contributed by atoms with van der Waals surface area (Å²) in [5, 5.41) is 10.3. The summed E-state index contributed by atoms with van der Waals surface area (Å²) in [4.78, 5) is 15.5. The predicted molar refractivity (Wildman–Crippen MR) is 63.4 cm³/mol. The molecule has 2 heterocycles. The molecule has 0 radical (unpaired) electrons. The largest absolute Gasteiger partial charge is 0.426 e. The number of rotatable bonds is 5.